The Morgan fingerprint density at radius 3 is 1.23 bits per heavy atom. The van der Waals surface area contributed by atoms with Crippen molar-refractivity contribution in [2.45, 2.75) is 0 Å². The summed E-state index contributed by atoms with van der Waals surface area (Å²) in [6, 6.07) is 71.6. The summed E-state index contributed by atoms with van der Waals surface area (Å²) in [5.74, 6) is 2.54. The van der Waals surface area contributed by atoms with E-state index in [1.807, 2.05) is 72.8 Å². The van der Waals surface area contributed by atoms with Crippen molar-refractivity contribution in [2.24, 2.45) is 0 Å². The van der Waals surface area contributed by atoms with Gasteiger partial charge in [-0.05, 0) is 62.6 Å². The van der Waals surface area contributed by atoms with Crippen LogP contribution in [0.25, 0.3) is 117 Å². The lowest BCUT2D eigenvalue weighted by Gasteiger charge is -2.14. The van der Waals surface area contributed by atoms with Crippen molar-refractivity contribution < 1.29 is 0 Å². The summed E-state index contributed by atoms with van der Waals surface area (Å²) >= 11 is 0. The summed E-state index contributed by atoms with van der Waals surface area (Å²) in [5.41, 5.74) is 8.72. The van der Waals surface area contributed by atoms with Crippen molar-refractivity contribution in [1.82, 2.24) is 29.5 Å². The van der Waals surface area contributed by atoms with Crippen LogP contribution in [0.5, 0.6) is 0 Å². The van der Waals surface area contributed by atoms with E-state index in [9.17, 15) is 0 Å². The highest BCUT2D eigenvalue weighted by Crippen LogP contribution is 2.42. The SMILES string of the molecule is c1ccc(-c2cc(-c3ccccc3)nc(-n3c4ccccc4c4cc5c6ccc(-c7nc(-c8ccccc8)nc(-c8ccccc8)n7)cc6c6ccccc6c5cc43)n2)cc1. The van der Waals surface area contributed by atoms with E-state index >= 15 is 0 Å². The second-order valence-electron chi connectivity index (χ2n) is 15.3. The minimum atomic E-state index is 0.627. The molecule has 12 aromatic rings. The van der Waals surface area contributed by atoms with Gasteiger partial charge < -0.3 is 0 Å². The Labute approximate surface area is 351 Å². The summed E-state index contributed by atoms with van der Waals surface area (Å²) in [6.07, 6.45) is 0. The normalized spacial score (nSPS) is 11.6. The molecule has 0 saturated heterocycles. The van der Waals surface area contributed by atoms with Gasteiger partial charge in [-0.2, -0.15) is 0 Å². The zero-order chi connectivity index (χ0) is 40.3. The molecule has 6 heteroatoms. The van der Waals surface area contributed by atoms with Crippen LogP contribution in [0, 0.1) is 0 Å². The van der Waals surface area contributed by atoms with Crippen LogP contribution in [0.15, 0.2) is 206 Å². The van der Waals surface area contributed by atoms with E-state index in [1.54, 1.807) is 0 Å². The Hall–Kier alpha value is -8.35. The van der Waals surface area contributed by atoms with Crippen LogP contribution in [0.4, 0.5) is 0 Å². The number of hydrogen-bond acceptors (Lipinski definition) is 5. The first-order valence-corrected chi connectivity index (χ1v) is 20.4. The molecular formula is C55H34N6. The highest BCUT2D eigenvalue weighted by atomic mass is 15.2. The van der Waals surface area contributed by atoms with Gasteiger partial charge >= 0.3 is 0 Å². The molecule has 0 atom stereocenters. The summed E-state index contributed by atoms with van der Waals surface area (Å²) in [7, 11) is 0. The Bertz CT molecular complexity index is 3510. The predicted molar refractivity (Wildman–Crippen MR) is 249 cm³/mol. The third-order valence-electron chi connectivity index (χ3n) is 11.6. The van der Waals surface area contributed by atoms with Crippen LogP contribution >= 0.6 is 0 Å². The van der Waals surface area contributed by atoms with E-state index in [0.717, 1.165) is 87.9 Å². The number of para-hydroxylation sites is 1. The van der Waals surface area contributed by atoms with Crippen molar-refractivity contribution in [3.05, 3.63) is 206 Å². The zero-order valence-corrected chi connectivity index (χ0v) is 32.8. The fourth-order valence-electron chi connectivity index (χ4n) is 8.76. The van der Waals surface area contributed by atoms with Crippen LogP contribution < -0.4 is 0 Å². The third-order valence-corrected chi connectivity index (χ3v) is 11.6. The maximum atomic E-state index is 5.29. The average molecular weight is 779 g/mol. The average Bonchev–Trinajstić information content (AvgIpc) is 3.67. The second kappa shape index (κ2) is 14.2. The maximum absolute atomic E-state index is 5.29. The van der Waals surface area contributed by atoms with E-state index in [4.69, 9.17) is 24.9 Å². The Morgan fingerprint density at radius 1 is 0.246 bits per heavy atom. The van der Waals surface area contributed by atoms with Crippen LogP contribution in [0.1, 0.15) is 0 Å². The standard InChI is InChI=1S/C55H34N6/c1-5-17-35(18-6-1)48-34-49(36-19-7-2-8-20-36)57-55(56-48)61-50-28-16-15-27-43(50)47-32-45-42-30-29-39(31-44(42)40-25-13-14-26-41(40)46(45)33-51(47)61)54-59-52(37-21-9-3-10-22-37)58-53(60-54)38-23-11-4-12-24-38/h1-34H. The molecule has 0 amide bonds. The number of aromatic nitrogens is 6. The molecular weight excluding hydrogens is 745 g/mol. The Morgan fingerprint density at radius 2 is 0.672 bits per heavy atom. The molecule has 0 unspecified atom stereocenters. The molecule has 284 valence electrons. The lowest BCUT2D eigenvalue weighted by Crippen LogP contribution is -2.04. The molecule has 61 heavy (non-hydrogen) atoms. The highest BCUT2D eigenvalue weighted by Gasteiger charge is 2.20. The molecule has 0 radical (unpaired) electrons. The first kappa shape index (κ1) is 34.7. The maximum Gasteiger partial charge on any atom is 0.235 e. The van der Waals surface area contributed by atoms with Crippen LogP contribution in [-0.2, 0) is 0 Å². The second-order valence-corrected chi connectivity index (χ2v) is 15.3. The van der Waals surface area contributed by atoms with Gasteiger partial charge in [-0.3, -0.25) is 4.57 Å². The fraction of sp³-hybridized carbons (Fsp3) is 0. The Kier molecular flexibility index (Phi) is 8.06. The number of rotatable bonds is 6. The van der Waals surface area contributed by atoms with Gasteiger partial charge in [-0.1, -0.05) is 176 Å². The quantitative estimate of drug-likeness (QED) is 0.157. The molecule has 3 aromatic heterocycles. The van der Waals surface area contributed by atoms with E-state index in [1.165, 1.54) is 5.39 Å². The molecule has 0 aliphatic heterocycles. The Balaban J connectivity index is 1.10. The van der Waals surface area contributed by atoms with Crippen LogP contribution in [0.2, 0.25) is 0 Å². The van der Waals surface area contributed by atoms with E-state index in [2.05, 4.69) is 138 Å². The van der Waals surface area contributed by atoms with Gasteiger partial charge in [-0.15, -0.1) is 0 Å². The molecule has 0 aliphatic carbocycles. The first-order valence-electron chi connectivity index (χ1n) is 20.4. The van der Waals surface area contributed by atoms with Crippen molar-refractivity contribution >= 4 is 54.1 Å². The first-order chi connectivity index (χ1) is 30.2. The minimum Gasteiger partial charge on any atom is -0.278 e. The van der Waals surface area contributed by atoms with E-state index < -0.39 is 0 Å². The number of fused-ring (bicyclic) bond motifs is 9. The smallest absolute Gasteiger partial charge is 0.235 e. The predicted octanol–water partition coefficient (Wildman–Crippen LogP) is 13.6. The molecule has 6 nitrogen and oxygen atoms in total. The highest BCUT2D eigenvalue weighted by molar-refractivity contribution is 6.29. The summed E-state index contributed by atoms with van der Waals surface area (Å²) in [4.78, 5) is 25.7. The summed E-state index contributed by atoms with van der Waals surface area (Å²) < 4.78 is 2.24. The largest absolute Gasteiger partial charge is 0.278 e. The minimum absolute atomic E-state index is 0.627. The molecule has 0 N–H and O–H groups in total. The van der Waals surface area contributed by atoms with Crippen molar-refractivity contribution in [3.8, 4) is 62.6 Å². The fourth-order valence-corrected chi connectivity index (χ4v) is 8.76. The number of benzene rings is 9. The van der Waals surface area contributed by atoms with Gasteiger partial charge in [-0.25, -0.2) is 24.9 Å². The van der Waals surface area contributed by atoms with E-state index in [0.29, 0.717) is 23.4 Å². The van der Waals surface area contributed by atoms with Crippen molar-refractivity contribution in [3.63, 3.8) is 0 Å². The molecule has 0 spiro atoms. The van der Waals surface area contributed by atoms with Gasteiger partial charge in [0.1, 0.15) is 0 Å². The van der Waals surface area contributed by atoms with Gasteiger partial charge in [0.2, 0.25) is 5.95 Å². The lowest BCUT2D eigenvalue weighted by molar-refractivity contribution is 0.996. The summed E-state index contributed by atoms with van der Waals surface area (Å²) in [6.45, 7) is 0. The number of nitrogens with zero attached hydrogens (tertiary/aromatic N) is 6. The van der Waals surface area contributed by atoms with E-state index in [-0.39, 0.29) is 0 Å². The van der Waals surface area contributed by atoms with Crippen molar-refractivity contribution in [1.29, 1.82) is 0 Å². The zero-order valence-electron chi connectivity index (χ0n) is 32.8. The molecule has 3 heterocycles. The van der Waals surface area contributed by atoms with Gasteiger partial charge in [0.25, 0.3) is 0 Å². The van der Waals surface area contributed by atoms with Gasteiger partial charge in [0.05, 0.1) is 22.4 Å². The van der Waals surface area contributed by atoms with Crippen LogP contribution in [-0.4, -0.2) is 29.5 Å². The monoisotopic (exact) mass is 778 g/mol. The number of hydrogen-bond donors (Lipinski definition) is 0. The van der Waals surface area contributed by atoms with Crippen LogP contribution in [0.3, 0.4) is 0 Å². The topological polar surface area (TPSA) is 69.4 Å². The van der Waals surface area contributed by atoms with Crippen molar-refractivity contribution in [2.75, 3.05) is 0 Å². The van der Waals surface area contributed by atoms with Gasteiger partial charge in [0.15, 0.2) is 17.5 Å². The molecule has 9 aromatic carbocycles. The molecule has 0 fully saturated rings. The lowest BCUT2D eigenvalue weighted by atomic mass is 9.92. The van der Waals surface area contributed by atoms with Gasteiger partial charge in [0, 0.05) is 38.6 Å². The molecule has 0 aliphatic rings. The summed E-state index contributed by atoms with van der Waals surface area (Å²) in [5, 5.41) is 9.22. The molecule has 0 saturated carbocycles. The molecule has 0 bridgehead atoms. The third kappa shape index (κ3) is 5.92. The molecule has 12 rings (SSSR count).